The number of hydrogen-bond acceptors (Lipinski definition) is 4. The molecular formula is C22H43N5O3. The van der Waals surface area contributed by atoms with Gasteiger partial charge in [-0.15, -0.1) is 0 Å². The summed E-state index contributed by atoms with van der Waals surface area (Å²) in [5, 5.41) is 9.50. The minimum Gasteiger partial charge on any atom is -0.444 e. The van der Waals surface area contributed by atoms with E-state index in [1.807, 2.05) is 32.6 Å². The third kappa shape index (κ3) is 11.3. The number of amides is 2. The van der Waals surface area contributed by atoms with Crippen molar-refractivity contribution < 1.29 is 14.3 Å². The van der Waals surface area contributed by atoms with Crippen LogP contribution in [0.3, 0.4) is 0 Å². The number of rotatable bonds is 9. The molecule has 0 saturated carbocycles. The second-order valence-electron chi connectivity index (χ2n) is 9.19. The molecule has 8 heteroatoms. The van der Waals surface area contributed by atoms with Crippen LogP contribution in [-0.4, -0.2) is 67.2 Å². The normalized spacial score (nSPS) is 16.8. The SMILES string of the molecule is CCNC(=NCC(NC(=O)OC(C)(C)C)C(C)C)NCCCN1CCCCCC1=O. The molecule has 1 saturated heterocycles. The Morgan fingerprint density at radius 2 is 1.93 bits per heavy atom. The van der Waals surface area contributed by atoms with Crippen molar-refractivity contribution in [2.24, 2.45) is 10.9 Å². The second kappa shape index (κ2) is 13.3. The van der Waals surface area contributed by atoms with E-state index in [0.717, 1.165) is 57.8 Å². The Hall–Kier alpha value is -1.99. The lowest BCUT2D eigenvalue weighted by Gasteiger charge is -2.25. The smallest absolute Gasteiger partial charge is 0.407 e. The van der Waals surface area contributed by atoms with Crippen LogP contribution in [0.25, 0.3) is 0 Å². The minimum absolute atomic E-state index is 0.120. The molecule has 1 unspecified atom stereocenters. The number of ether oxygens (including phenoxy) is 1. The molecule has 0 aromatic rings. The Balaban J connectivity index is 2.51. The third-order valence-electron chi connectivity index (χ3n) is 4.87. The molecule has 8 nitrogen and oxygen atoms in total. The van der Waals surface area contributed by atoms with Crippen molar-refractivity contribution in [1.82, 2.24) is 20.9 Å². The van der Waals surface area contributed by atoms with Crippen LogP contribution in [0.2, 0.25) is 0 Å². The number of nitrogens with one attached hydrogen (secondary N) is 3. The van der Waals surface area contributed by atoms with Gasteiger partial charge in [-0.3, -0.25) is 9.79 Å². The highest BCUT2D eigenvalue weighted by Gasteiger charge is 2.21. The molecule has 0 aromatic carbocycles. The molecule has 1 rings (SSSR count). The van der Waals surface area contributed by atoms with E-state index in [1.165, 1.54) is 0 Å². The number of carbonyl (C=O) groups is 2. The van der Waals surface area contributed by atoms with Gasteiger partial charge in [0.15, 0.2) is 5.96 Å². The topological polar surface area (TPSA) is 95.1 Å². The average Bonchev–Trinajstić information content (AvgIpc) is 2.84. The zero-order valence-electron chi connectivity index (χ0n) is 19.8. The van der Waals surface area contributed by atoms with Crippen LogP contribution in [0.15, 0.2) is 4.99 Å². The maximum atomic E-state index is 12.1. The first kappa shape index (κ1) is 26.0. The van der Waals surface area contributed by atoms with Crippen LogP contribution in [0, 0.1) is 5.92 Å². The lowest BCUT2D eigenvalue weighted by Crippen LogP contribution is -2.45. The fourth-order valence-corrected chi connectivity index (χ4v) is 3.17. The lowest BCUT2D eigenvalue weighted by atomic mass is 10.1. The summed E-state index contributed by atoms with van der Waals surface area (Å²) in [6.07, 6.45) is 4.39. The summed E-state index contributed by atoms with van der Waals surface area (Å²) in [5.74, 6) is 1.22. The third-order valence-corrected chi connectivity index (χ3v) is 4.87. The summed E-state index contributed by atoms with van der Waals surface area (Å²) >= 11 is 0. The lowest BCUT2D eigenvalue weighted by molar-refractivity contribution is -0.130. The van der Waals surface area contributed by atoms with E-state index in [1.54, 1.807) is 0 Å². The Kier molecular flexibility index (Phi) is 11.6. The summed E-state index contributed by atoms with van der Waals surface area (Å²) in [6.45, 7) is 15.3. The minimum atomic E-state index is -0.528. The van der Waals surface area contributed by atoms with E-state index in [0.29, 0.717) is 13.0 Å². The summed E-state index contributed by atoms with van der Waals surface area (Å²) in [5.41, 5.74) is -0.528. The van der Waals surface area contributed by atoms with E-state index >= 15 is 0 Å². The van der Waals surface area contributed by atoms with Gasteiger partial charge in [-0.05, 0) is 52.9 Å². The number of nitrogens with zero attached hydrogens (tertiary/aromatic N) is 2. The number of guanidine groups is 1. The van der Waals surface area contributed by atoms with Crippen molar-refractivity contribution in [3.63, 3.8) is 0 Å². The molecule has 1 aliphatic rings. The van der Waals surface area contributed by atoms with Gasteiger partial charge < -0.3 is 25.6 Å². The van der Waals surface area contributed by atoms with E-state index < -0.39 is 11.7 Å². The largest absolute Gasteiger partial charge is 0.444 e. The first-order chi connectivity index (χ1) is 14.1. The van der Waals surface area contributed by atoms with Gasteiger partial charge in [-0.2, -0.15) is 0 Å². The summed E-state index contributed by atoms with van der Waals surface area (Å²) in [7, 11) is 0. The Labute approximate surface area is 182 Å². The molecule has 1 atom stereocenters. The van der Waals surface area contributed by atoms with Crippen LogP contribution in [0.1, 0.15) is 73.6 Å². The molecule has 0 spiro atoms. The average molecular weight is 426 g/mol. The second-order valence-corrected chi connectivity index (χ2v) is 9.19. The molecule has 30 heavy (non-hydrogen) atoms. The molecule has 1 aliphatic heterocycles. The van der Waals surface area contributed by atoms with Gasteiger partial charge in [-0.25, -0.2) is 4.79 Å². The van der Waals surface area contributed by atoms with E-state index in [2.05, 4.69) is 34.8 Å². The fraction of sp³-hybridized carbons (Fsp3) is 0.864. The van der Waals surface area contributed by atoms with Gasteiger partial charge in [0.05, 0.1) is 12.6 Å². The van der Waals surface area contributed by atoms with Crippen molar-refractivity contribution in [2.75, 3.05) is 32.7 Å². The monoisotopic (exact) mass is 425 g/mol. The van der Waals surface area contributed by atoms with E-state index in [-0.39, 0.29) is 17.9 Å². The van der Waals surface area contributed by atoms with Gasteiger partial charge in [-0.1, -0.05) is 20.3 Å². The van der Waals surface area contributed by atoms with Gasteiger partial charge >= 0.3 is 6.09 Å². The zero-order chi connectivity index (χ0) is 22.6. The molecule has 1 fully saturated rings. The number of likely N-dealkylation sites (tertiary alicyclic amines) is 1. The summed E-state index contributed by atoms with van der Waals surface area (Å²) < 4.78 is 5.37. The number of carbonyl (C=O) groups excluding carboxylic acids is 2. The number of aliphatic imine (C=N–C) groups is 1. The molecule has 174 valence electrons. The standard InChI is InChI=1S/C22H43N5O3/c1-7-23-20(24-13-11-15-27-14-10-8-9-12-19(27)28)25-16-18(17(2)3)26-21(29)30-22(4,5)6/h17-18H,7-16H2,1-6H3,(H,26,29)(H2,23,24,25). The Bertz CT molecular complexity index is 557. The highest BCUT2D eigenvalue weighted by atomic mass is 16.6. The summed E-state index contributed by atoms with van der Waals surface area (Å²) in [6, 6.07) is -0.120. The molecule has 0 aromatic heterocycles. The van der Waals surface area contributed by atoms with Crippen LogP contribution < -0.4 is 16.0 Å². The molecule has 0 bridgehead atoms. The zero-order valence-corrected chi connectivity index (χ0v) is 19.8. The quantitative estimate of drug-likeness (QED) is 0.300. The Morgan fingerprint density at radius 3 is 2.57 bits per heavy atom. The first-order valence-corrected chi connectivity index (χ1v) is 11.4. The van der Waals surface area contributed by atoms with Gasteiger partial charge in [0, 0.05) is 32.6 Å². The van der Waals surface area contributed by atoms with Crippen LogP contribution >= 0.6 is 0 Å². The molecule has 0 radical (unpaired) electrons. The van der Waals surface area contributed by atoms with Crippen molar-refractivity contribution >= 4 is 18.0 Å². The van der Waals surface area contributed by atoms with Crippen molar-refractivity contribution in [2.45, 2.75) is 85.3 Å². The van der Waals surface area contributed by atoms with Crippen LogP contribution in [0.4, 0.5) is 4.79 Å². The van der Waals surface area contributed by atoms with Crippen molar-refractivity contribution in [3.8, 4) is 0 Å². The van der Waals surface area contributed by atoms with Crippen molar-refractivity contribution in [1.29, 1.82) is 0 Å². The number of alkyl carbamates (subject to hydrolysis) is 1. The van der Waals surface area contributed by atoms with Gasteiger partial charge in [0.1, 0.15) is 5.60 Å². The Morgan fingerprint density at radius 1 is 1.20 bits per heavy atom. The molecule has 1 heterocycles. The van der Waals surface area contributed by atoms with Crippen molar-refractivity contribution in [3.05, 3.63) is 0 Å². The highest BCUT2D eigenvalue weighted by molar-refractivity contribution is 5.79. The van der Waals surface area contributed by atoms with E-state index in [4.69, 9.17) is 4.74 Å². The summed E-state index contributed by atoms with van der Waals surface area (Å²) in [4.78, 5) is 30.8. The fourth-order valence-electron chi connectivity index (χ4n) is 3.17. The first-order valence-electron chi connectivity index (χ1n) is 11.4. The molecular weight excluding hydrogens is 382 g/mol. The van der Waals surface area contributed by atoms with Gasteiger partial charge in [0.2, 0.25) is 5.91 Å². The predicted molar refractivity (Wildman–Crippen MR) is 122 cm³/mol. The molecule has 3 N–H and O–H groups in total. The highest BCUT2D eigenvalue weighted by Crippen LogP contribution is 2.11. The van der Waals surface area contributed by atoms with Gasteiger partial charge in [0.25, 0.3) is 0 Å². The number of hydrogen-bond donors (Lipinski definition) is 3. The molecule has 0 aliphatic carbocycles. The predicted octanol–water partition coefficient (Wildman–Crippen LogP) is 2.88. The van der Waals surface area contributed by atoms with E-state index in [9.17, 15) is 9.59 Å². The van der Waals surface area contributed by atoms with Crippen LogP contribution in [-0.2, 0) is 9.53 Å². The maximum absolute atomic E-state index is 12.1. The maximum Gasteiger partial charge on any atom is 0.407 e. The van der Waals surface area contributed by atoms with Crippen LogP contribution in [0.5, 0.6) is 0 Å². The molecule has 2 amide bonds.